The summed E-state index contributed by atoms with van der Waals surface area (Å²) in [5.41, 5.74) is 2.84. The molecular formula is C18H28N2O. The Bertz CT molecular complexity index is 486. The van der Waals surface area contributed by atoms with Crippen LogP contribution in [0.25, 0.3) is 0 Å². The molecule has 1 fully saturated rings. The minimum atomic E-state index is 0.634. The molecule has 0 bridgehead atoms. The Hall–Kier alpha value is -1.06. The van der Waals surface area contributed by atoms with E-state index >= 15 is 0 Å². The molecule has 2 aliphatic rings. The lowest BCUT2D eigenvalue weighted by atomic mass is 9.99. The lowest BCUT2D eigenvalue weighted by molar-refractivity contribution is 0.124. The van der Waals surface area contributed by atoms with Crippen LogP contribution in [0.3, 0.4) is 0 Å². The molecular weight excluding hydrogens is 260 g/mol. The molecule has 2 heterocycles. The molecule has 1 saturated heterocycles. The van der Waals surface area contributed by atoms with Gasteiger partial charge in [-0.2, -0.15) is 0 Å². The summed E-state index contributed by atoms with van der Waals surface area (Å²) in [6, 6.07) is 7.99. The van der Waals surface area contributed by atoms with Gasteiger partial charge in [0.25, 0.3) is 0 Å². The van der Waals surface area contributed by atoms with Gasteiger partial charge in [-0.3, -0.25) is 4.90 Å². The van der Waals surface area contributed by atoms with Crippen LogP contribution < -0.4 is 10.1 Å². The highest BCUT2D eigenvalue weighted by atomic mass is 16.5. The summed E-state index contributed by atoms with van der Waals surface area (Å²) in [6.07, 6.45) is 2.21. The van der Waals surface area contributed by atoms with Gasteiger partial charge >= 0.3 is 0 Å². The lowest BCUT2D eigenvalue weighted by Gasteiger charge is -2.40. The predicted octanol–water partition coefficient (Wildman–Crippen LogP) is 2.48. The van der Waals surface area contributed by atoms with Crippen LogP contribution in [0.2, 0.25) is 0 Å². The first kappa shape index (κ1) is 14.9. The van der Waals surface area contributed by atoms with E-state index in [1.165, 1.54) is 17.7 Å². The van der Waals surface area contributed by atoms with Crippen molar-refractivity contribution in [3.63, 3.8) is 0 Å². The van der Waals surface area contributed by atoms with E-state index in [0.717, 1.165) is 38.3 Å². The molecule has 1 aromatic rings. The maximum atomic E-state index is 5.59. The van der Waals surface area contributed by atoms with E-state index in [4.69, 9.17) is 4.74 Å². The topological polar surface area (TPSA) is 24.5 Å². The molecule has 0 amide bonds. The predicted molar refractivity (Wildman–Crippen MR) is 87.0 cm³/mol. The van der Waals surface area contributed by atoms with E-state index in [0.29, 0.717) is 18.0 Å². The van der Waals surface area contributed by atoms with Gasteiger partial charge in [-0.15, -0.1) is 0 Å². The summed E-state index contributed by atoms with van der Waals surface area (Å²) in [5, 5.41) is 3.67. The quantitative estimate of drug-likeness (QED) is 0.921. The van der Waals surface area contributed by atoms with Crippen molar-refractivity contribution in [1.29, 1.82) is 0 Å². The first-order valence-corrected chi connectivity index (χ1v) is 8.35. The number of hydrogen-bond donors (Lipinski definition) is 1. The van der Waals surface area contributed by atoms with Crippen LogP contribution in [0.15, 0.2) is 18.2 Å². The molecule has 0 aromatic heterocycles. The number of nitrogens with zero attached hydrogens (tertiary/aromatic N) is 1. The Morgan fingerprint density at radius 2 is 2.24 bits per heavy atom. The van der Waals surface area contributed by atoms with Crippen molar-refractivity contribution in [3.8, 4) is 5.75 Å². The molecule has 2 atom stereocenters. The third-order valence-corrected chi connectivity index (χ3v) is 4.98. The summed E-state index contributed by atoms with van der Waals surface area (Å²) in [4.78, 5) is 2.64. The van der Waals surface area contributed by atoms with Gasteiger partial charge in [0, 0.05) is 38.1 Å². The van der Waals surface area contributed by atoms with Gasteiger partial charge in [-0.25, -0.2) is 0 Å². The van der Waals surface area contributed by atoms with Gasteiger partial charge in [-0.1, -0.05) is 26.0 Å². The van der Waals surface area contributed by atoms with Crippen molar-refractivity contribution in [2.75, 3.05) is 26.2 Å². The maximum Gasteiger partial charge on any atom is 0.122 e. The molecule has 0 spiro atoms. The van der Waals surface area contributed by atoms with E-state index in [1.807, 2.05) is 0 Å². The first-order chi connectivity index (χ1) is 10.1. The van der Waals surface area contributed by atoms with Crippen molar-refractivity contribution in [2.24, 2.45) is 5.92 Å². The van der Waals surface area contributed by atoms with Crippen molar-refractivity contribution in [3.05, 3.63) is 29.3 Å². The van der Waals surface area contributed by atoms with E-state index in [-0.39, 0.29) is 0 Å². The highest BCUT2D eigenvalue weighted by molar-refractivity contribution is 5.39. The zero-order valence-electron chi connectivity index (χ0n) is 13.6. The van der Waals surface area contributed by atoms with Crippen molar-refractivity contribution >= 4 is 0 Å². The summed E-state index contributed by atoms with van der Waals surface area (Å²) in [7, 11) is 0. The van der Waals surface area contributed by atoms with Crippen molar-refractivity contribution < 1.29 is 4.74 Å². The summed E-state index contributed by atoms with van der Waals surface area (Å²) < 4.78 is 5.59. The minimum Gasteiger partial charge on any atom is -0.493 e. The third kappa shape index (κ3) is 3.41. The number of piperazine rings is 1. The SMILES string of the molecule is CC(C)C1CN(CCc2ccc3c(c2)CCO3)C(C)CN1. The molecule has 0 radical (unpaired) electrons. The fourth-order valence-corrected chi connectivity index (χ4v) is 3.37. The lowest BCUT2D eigenvalue weighted by Crippen LogP contribution is -2.57. The molecule has 21 heavy (non-hydrogen) atoms. The van der Waals surface area contributed by atoms with Gasteiger partial charge in [-0.05, 0) is 36.5 Å². The zero-order valence-corrected chi connectivity index (χ0v) is 13.6. The molecule has 1 aromatic carbocycles. The Kier molecular flexibility index (Phi) is 4.51. The zero-order chi connectivity index (χ0) is 14.8. The summed E-state index contributed by atoms with van der Waals surface area (Å²) in [6.45, 7) is 11.3. The number of fused-ring (bicyclic) bond motifs is 1. The van der Waals surface area contributed by atoms with Crippen LogP contribution in [0.4, 0.5) is 0 Å². The van der Waals surface area contributed by atoms with E-state index in [9.17, 15) is 0 Å². The van der Waals surface area contributed by atoms with Crippen LogP contribution in [-0.4, -0.2) is 43.2 Å². The molecule has 116 valence electrons. The number of hydrogen-bond acceptors (Lipinski definition) is 3. The first-order valence-electron chi connectivity index (χ1n) is 8.35. The van der Waals surface area contributed by atoms with Crippen LogP contribution in [0.5, 0.6) is 5.75 Å². The Labute approximate surface area is 128 Å². The van der Waals surface area contributed by atoms with E-state index in [1.54, 1.807) is 0 Å². The highest BCUT2D eigenvalue weighted by Crippen LogP contribution is 2.26. The van der Waals surface area contributed by atoms with Crippen LogP contribution in [0, 0.1) is 5.92 Å². The molecule has 3 heteroatoms. The minimum absolute atomic E-state index is 0.634. The van der Waals surface area contributed by atoms with Gasteiger partial charge < -0.3 is 10.1 Å². The van der Waals surface area contributed by atoms with Crippen LogP contribution in [0.1, 0.15) is 31.9 Å². The van der Waals surface area contributed by atoms with E-state index in [2.05, 4.69) is 49.2 Å². The normalized spacial score (nSPS) is 25.9. The molecule has 3 rings (SSSR count). The largest absolute Gasteiger partial charge is 0.493 e. The number of ether oxygens (including phenoxy) is 1. The second-order valence-corrected chi connectivity index (χ2v) is 6.89. The Balaban J connectivity index is 1.58. The molecule has 2 aliphatic heterocycles. The van der Waals surface area contributed by atoms with Gasteiger partial charge in [0.1, 0.15) is 5.75 Å². The maximum absolute atomic E-state index is 5.59. The third-order valence-electron chi connectivity index (χ3n) is 4.98. The molecule has 0 saturated carbocycles. The standard InChI is InChI=1S/C18H28N2O/c1-13(2)17-12-20(14(3)11-19-17)8-6-15-4-5-18-16(10-15)7-9-21-18/h4-5,10,13-14,17,19H,6-9,11-12H2,1-3H3. The molecule has 0 aliphatic carbocycles. The van der Waals surface area contributed by atoms with Crippen LogP contribution >= 0.6 is 0 Å². The second kappa shape index (κ2) is 6.37. The van der Waals surface area contributed by atoms with Crippen molar-refractivity contribution in [1.82, 2.24) is 10.2 Å². The van der Waals surface area contributed by atoms with Crippen molar-refractivity contribution in [2.45, 2.75) is 45.7 Å². The number of nitrogens with one attached hydrogen (secondary N) is 1. The average Bonchev–Trinajstić information content (AvgIpc) is 2.93. The second-order valence-electron chi connectivity index (χ2n) is 6.89. The fourth-order valence-electron chi connectivity index (χ4n) is 3.37. The van der Waals surface area contributed by atoms with E-state index < -0.39 is 0 Å². The monoisotopic (exact) mass is 288 g/mol. The molecule has 2 unspecified atom stereocenters. The highest BCUT2D eigenvalue weighted by Gasteiger charge is 2.26. The smallest absolute Gasteiger partial charge is 0.122 e. The Morgan fingerprint density at radius 3 is 3.05 bits per heavy atom. The average molecular weight is 288 g/mol. The fraction of sp³-hybridized carbons (Fsp3) is 0.667. The number of benzene rings is 1. The number of rotatable bonds is 4. The van der Waals surface area contributed by atoms with Gasteiger partial charge in [0.05, 0.1) is 6.61 Å². The van der Waals surface area contributed by atoms with Crippen LogP contribution in [-0.2, 0) is 12.8 Å². The molecule has 1 N–H and O–H groups in total. The molecule has 3 nitrogen and oxygen atoms in total. The van der Waals surface area contributed by atoms with Gasteiger partial charge in [0.15, 0.2) is 0 Å². The summed E-state index contributed by atoms with van der Waals surface area (Å²) >= 11 is 0. The Morgan fingerprint density at radius 1 is 1.38 bits per heavy atom. The summed E-state index contributed by atoms with van der Waals surface area (Å²) in [5.74, 6) is 1.80. The van der Waals surface area contributed by atoms with Gasteiger partial charge in [0.2, 0.25) is 0 Å².